The number of anilines is 2. The van der Waals surface area contributed by atoms with Crippen molar-refractivity contribution < 1.29 is 26.7 Å². The van der Waals surface area contributed by atoms with Crippen LogP contribution in [0.5, 0.6) is 0 Å². The summed E-state index contributed by atoms with van der Waals surface area (Å²) in [5.74, 6) is -10.2. The molecule has 0 aliphatic carbocycles. The molecule has 2 amide bonds. The van der Waals surface area contributed by atoms with Gasteiger partial charge in [-0.05, 0) is 26.0 Å². The molecule has 0 unspecified atom stereocenters. The summed E-state index contributed by atoms with van der Waals surface area (Å²) in [7, 11) is 0. The van der Waals surface area contributed by atoms with Gasteiger partial charge in [-0.2, -0.15) is 5.10 Å². The van der Waals surface area contributed by atoms with Crippen LogP contribution in [-0.2, 0) is 6.54 Å². The summed E-state index contributed by atoms with van der Waals surface area (Å²) in [5.41, 5.74) is -0.179. The van der Waals surface area contributed by atoms with Crippen molar-refractivity contribution in [2.75, 3.05) is 10.6 Å². The number of urea groups is 1. The molecular formula is C19H13Cl2F5N4O. The van der Waals surface area contributed by atoms with Crippen molar-refractivity contribution >= 4 is 40.6 Å². The van der Waals surface area contributed by atoms with Gasteiger partial charge in [0.1, 0.15) is 0 Å². The van der Waals surface area contributed by atoms with Crippen LogP contribution in [-0.4, -0.2) is 15.8 Å². The lowest BCUT2D eigenvalue weighted by atomic mass is 10.1. The smallest absolute Gasteiger partial charge is 0.306 e. The average Bonchev–Trinajstić information content (AvgIpc) is 2.99. The van der Waals surface area contributed by atoms with E-state index in [0.717, 1.165) is 4.68 Å². The molecule has 3 aromatic rings. The standard InChI is InChI=1S/C19H13Cl2F5N4O/c1-7-18(28-19(31)27-11-5-3-4-10(20)12(11)21)8(2)30(29-7)6-9-13(22)15(24)17(26)16(25)14(9)23/h3-5H,6H2,1-2H3,(H2,27,28,31). The van der Waals surface area contributed by atoms with Crippen LogP contribution in [0.4, 0.5) is 38.1 Å². The van der Waals surface area contributed by atoms with Gasteiger partial charge in [0.15, 0.2) is 23.3 Å². The van der Waals surface area contributed by atoms with E-state index < -0.39 is 47.2 Å². The molecule has 1 heterocycles. The van der Waals surface area contributed by atoms with Crippen LogP contribution in [0, 0.1) is 42.9 Å². The normalized spacial score (nSPS) is 11.0. The highest BCUT2D eigenvalue weighted by Gasteiger charge is 2.27. The highest BCUT2D eigenvalue weighted by atomic mass is 35.5. The largest absolute Gasteiger partial charge is 0.323 e. The topological polar surface area (TPSA) is 59.0 Å². The van der Waals surface area contributed by atoms with Crippen LogP contribution < -0.4 is 10.6 Å². The van der Waals surface area contributed by atoms with Crippen molar-refractivity contribution in [3.8, 4) is 0 Å². The molecule has 0 saturated carbocycles. The van der Waals surface area contributed by atoms with Crippen molar-refractivity contribution in [1.29, 1.82) is 0 Å². The SMILES string of the molecule is Cc1nn(Cc2c(F)c(F)c(F)c(F)c2F)c(C)c1NC(=O)Nc1cccc(Cl)c1Cl. The van der Waals surface area contributed by atoms with E-state index in [-0.39, 0.29) is 32.8 Å². The molecule has 0 aliphatic heterocycles. The Morgan fingerprint density at radius 1 is 0.968 bits per heavy atom. The highest BCUT2D eigenvalue weighted by molar-refractivity contribution is 6.44. The number of rotatable bonds is 4. The molecule has 2 aromatic carbocycles. The third-order valence-corrected chi connectivity index (χ3v) is 5.25. The summed E-state index contributed by atoms with van der Waals surface area (Å²) < 4.78 is 69.1. The average molecular weight is 479 g/mol. The van der Waals surface area contributed by atoms with Crippen LogP contribution in [0.1, 0.15) is 17.0 Å². The maximum absolute atomic E-state index is 14.0. The highest BCUT2D eigenvalue weighted by Crippen LogP contribution is 2.30. The van der Waals surface area contributed by atoms with Gasteiger partial charge in [-0.3, -0.25) is 4.68 Å². The molecule has 0 saturated heterocycles. The van der Waals surface area contributed by atoms with E-state index in [2.05, 4.69) is 15.7 Å². The number of nitrogens with one attached hydrogen (secondary N) is 2. The second-order valence-electron chi connectivity index (χ2n) is 6.43. The zero-order chi connectivity index (χ0) is 23.0. The number of carbonyl (C=O) groups excluding carboxylic acids is 1. The Morgan fingerprint density at radius 2 is 1.55 bits per heavy atom. The lowest BCUT2D eigenvalue weighted by Crippen LogP contribution is -2.20. The maximum Gasteiger partial charge on any atom is 0.323 e. The molecule has 0 bridgehead atoms. The molecule has 12 heteroatoms. The Bertz CT molecular complexity index is 1170. The van der Waals surface area contributed by atoms with E-state index in [1.165, 1.54) is 26.0 Å². The molecule has 31 heavy (non-hydrogen) atoms. The molecule has 0 spiro atoms. The minimum absolute atomic E-state index is 0.120. The Balaban J connectivity index is 1.87. The van der Waals surface area contributed by atoms with Crippen LogP contribution in [0.25, 0.3) is 0 Å². The molecule has 2 N–H and O–H groups in total. The second kappa shape index (κ2) is 8.72. The Hall–Kier alpha value is -2.85. The van der Waals surface area contributed by atoms with Crippen molar-refractivity contribution in [1.82, 2.24) is 9.78 Å². The van der Waals surface area contributed by atoms with Crippen LogP contribution in [0.3, 0.4) is 0 Å². The van der Waals surface area contributed by atoms with E-state index in [1.807, 2.05) is 0 Å². The molecule has 5 nitrogen and oxygen atoms in total. The fourth-order valence-corrected chi connectivity index (χ4v) is 3.19. The van der Waals surface area contributed by atoms with Gasteiger partial charge >= 0.3 is 6.03 Å². The second-order valence-corrected chi connectivity index (χ2v) is 7.22. The Labute approximate surface area is 182 Å². The molecule has 1 aromatic heterocycles. The van der Waals surface area contributed by atoms with E-state index in [4.69, 9.17) is 23.2 Å². The minimum atomic E-state index is -2.24. The van der Waals surface area contributed by atoms with Gasteiger partial charge in [0, 0.05) is 0 Å². The van der Waals surface area contributed by atoms with E-state index in [1.54, 1.807) is 6.07 Å². The summed E-state index contributed by atoms with van der Waals surface area (Å²) in [4.78, 5) is 12.3. The van der Waals surface area contributed by atoms with Crippen molar-refractivity contribution in [3.05, 3.63) is 74.3 Å². The molecule has 3 rings (SSSR count). The lowest BCUT2D eigenvalue weighted by Gasteiger charge is -2.11. The van der Waals surface area contributed by atoms with Gasteiger partial charge in [-0.1, -0.05) is 29.3 Å². The number of amides is 2. The number of halogens is 7. The van der Waals surface area contributed by atoms with E-state index >= 15 is 0 Å². The number of hydrogen-bond acceptors (Lipinski definition) is 2. The molecule has 0 radical (unpaired) electrons. The Morgan fingerprint density at radius 3 is 2.16 bits per heavy atom. The van der Waals surface area contributed by atoms with Gasteiger partial charge in [0.2, 0.25) is 5.82 Å². The van der Waals surface area contributed by atoms with Gasteiger partial charge in [0.25, 0.3) is 0 Å². The molecule has 164 valence electrons. The van der Waals surface area contributed by atoms with E-state index in [0.29, 0.717) is 0 Å². The molecular weight excluding hydrogens is 466 g/mol. The summed E-state index contributed by atoms with van der Waals surface area (Å²) in [6, 6.07) is 3.90. The van der Waals surface area contributed by atoms with Crippen molar-refractivity contribution in [3.63, 3.8) is 0 Å². The Kier molecular flexibility index (Phi) is 6.42. The fraction of sp³-hybridized carbons (Fsp3) is 0.158. The number of carbonyl (C=O) groups is 1. The first-order valence-electron chi connectivity index (χ1n) is 8.59. The van der Waals surface area contributed by atoms with Gasteiger partial charge in [-0.15, -0.1) is 0 Å². The van der Waals surface area contributed by atoms with Crippen LogP contribution in [0.2, 0.25) is 10.0 Å². The first-order valence-corrected chi connectivity index (χ1v) is 9.34. The van der Waals surface area contributed by atoms with E-state index in [9.17, 15) is 26.7 Å². The summed E-state index contributed by atoms with van der Waals surface area (Å²) in [6.07, 6.45) is 0. The molecule has 0 fully saturated rings. The van der Waals surface area contributed by atoms with Crippen LogP contribution in [0.15, 0.2) is 18.2 Å². The maximum atomic E-state index is 14.0. The minimum Gasteiger partial charge on any atom is -0.306 e. The van der Waals surface area contributed by atoms with Gasteiger partial charge < -0.3 is 10.6 Å². The third-order valence-electron chi connectivity index (χ3n) is 4.43. The van der Waals surface area contributed by atoms with Gasteiger partial charge in [0.05, 0.1) is 44.9 Å². The number of aromatic nitrogens is 2. The monoisotopic (exact) mass is 478 g/mol. The third kappa shape index (κ3) is 4.31. The number of aryl methyl sites for hydroxylation is 1. The zero-order valence-corrected chi connectivity index (χ0v) is 17.4. The van der Waals surface area contributed by atoms with Crippen molar-refractivity contribution in [2.45, 2.75) is 20.4 Å². The molecule has 0 atom stereocenters. The number of hydrogen-bond donors (Lipinski definition) is 2. The number of nitrogens with zero attached hydrogens (tertiary/aromatic N) is 2. The zero-order valence-electron chi connectivity index (χ0n) is 15.9. The predicted molar refractivity (Wildman–Crippen MR) is 106 cm³/mol. The predicted octanol–water partition coefficient (Wildman–Crippen LogP) is 6.19. The summed E-state index contributed by atoms with van der Waals surface area (Å²) in [5, 5.41) is 9.36. The lowest BCUT2D eigenvalue weighted by molar-refractivity contribution is 0.262. The summed E-state index contributed by atoms with van der Waals surface area (Å²) in [6.45, 7) is 2.19. The quantitative estimate of drug-likeness (QED) is 0.266. The first-order chi connectivity index (χ1) is 14.5. The first kappa shape index (κ1) is 22.8. The molecule has 0 aliphatic rings. The fourth-order valence-electron chi connectivity index (χ4n) is 2.84. The van der Waals surface area contributed by atoms with Crippen molar-refractivity contribution in [2.24, 2.45) is 0 Å². The summed E-state index contributed by atoms with van der Waals surface area (Å²) >= 11 is 11.9. The van der Waals surface area contributed by atoms with Crippen LogP contribution >= 0.6 is 23.2 Å². The van der Waals surface area contributed by atoms with Gasteiger partial charge in [-0.25, -0.2) is 26.7 Å². The number of benzene rings is 2.